The number of carbonyl (C=O) groups excluding carboxylic acids is 1. The minimum Gasteiger partial charge on any atom is -0.454 e. The molecule has 0 saturated carbocycles. The van der Waals surface area contributed by atoms with E-state index < -0.39 is 0 Å². The summed E-state index contributed by atoms with van der Waals surface area (Å²) in [5.74, 6) is 1.38. The van der Waals surface area contributed by atoms with Gasteiger partial charge in [-0.2, -0.15) is 5.10 Å². The topological polar surface area (TPSA) is 86.1 Å². The third-order valence-corrected chi connectivity index (χ3v) is 4.48. The first kappa shape index (κ1) is 16.5. The molecule has 7 nitrogen and oxygen atoms in total. The molecule has 3 heterocycles. The van der Waals surface area contributed by atoms with E-state index in [9.17, 15) is 4.79 Å². The van der Waals surface area contributed by atoms with E-state index in [1.165, 1.54) is 11.8 Å². The highest BCUT2D eigenvalue weighted by Crippen LogP contribution is 2.22. The number of nitrogens with one attached hydrogen (secondary N) is 1. The summed E-state index contributed by atoms with van der Waals surface area (Å²) in [6.07, 6.45) is 3.54. The molecule has 26 heavy (non-hydrogen) atoms. The van der Waals surface area contributed by atoms with E-state index in [2.05, 4.69) is 15.4 Å². The van der Waals surface area contributed by atoms with Gasteiger partial charge < -0.3 is 14.2 Å². The number of thioether (sulfide) groups is 1. The second-order valence-electron chi connectivity index (χ2n) is 5.52. The Morgan fingerprint density at radius 2 is 2.08 bits per heavy atom. The predicted octanol–water partition coefficient (Wildman–Crippen LogP) is 3.19. The van der Waals surface area contributed by atoms with Gasteiger partial charge in [-0.05, 0) is 30.3 Å². The summed E-state index contributed by atoms with van der Waals surface area (Å²) < 4.78 is 12.9. The number of rotatable bonds is 7. The second-order valence-corrected chi connectivity index (χ2v) is 6.57. The van der Waals surface area contributed by atoms with Crippen LogP contribution in [-0.2, 0) is 6.54 Å². The Morgan fingerprint density at radius 3 is 2.92 bits per heavy atom. The van der Waals surface area contributed by atoms with Gasteiger partial charge in [0.15, 0.2) is 11.3 Å². The normalized spacial score (nSPS) is 11.1. The van der Waals surface area contributed by atoms with Gasteiger partial charge >= 0.3 is 0 Å². The number of hydrogen-bond donors (Lipinski definition) is 1. The molecule has 0 atom stereocenters. The predicted molar refractivity (Wildman–Crippen MR) is 97.1 cm³/mol. The van der Waals surface area contributed by atoms with Crippen molar-refractivity contribution < 1.29 is 13.6 Å². The fraction of sp³-hybridized carbons (Fsp3) is 0.167. The first-order valence-corrected chi connectivity index (χ1v) is 9.09. The van der Waals surface area contributed by atoms with Gasteiger partial charge in [-0.25, -0.2) is 4.98 Å². The highest BCUT2D eigenvalue weighted by Gasteiger charge is 2.11. The lowest BCUT2D eigenvalue weighted by Crippen LogP contribution is -2.25. The average molecular weight is 368 g/mol. The second kappa shape index (κ2) is 7.49. The van der Waals surface area contributed by atoms with E-state index >= 15 is 0 Å². The number of carbonyl (C=O) groups is 1. The molecule has 0 radical (unpaired) electrons. The molecule has 132 valence electrons. The smallest absolute Gasteiger partial charge is 0.287 e. The third kappa shape index (κ3) is 3.80. The van der Waals surface area contributed by atoms with Crippen molar-refractivity contribution in [3.63, 3.8) is 0 Å². The first-order valence-electron chi connectivity index (χ1n) is 8.11. The Bertz CT molecular complexity index is 973. The number of para-hydroxylation sites is 2. The lowest BCUT2D eigenvalue weighted by Gasteiger charge is -2.01. The van der Waals surface area contributed by atoms with Gasteiger partial charge in [0, 0.05) is 24.7 Å². The molecule has 0 aliphatic carbocycles. The molecule has 4 rings (SSSR count). The summed E-state index contributed by atoms with van der Waals surface area (Å²) in [5.41, 5.74) is 1.60. The summed E-state index contributed by atoms with van der Waals surface area (Å²) in [6.45, 7) is 0.977. The van der Waals surface area contributed by atoms with E-state index in [1.807, 2.05) is 36.5 Å². The number of oxazole rings is 1. The molecule has 1 aromatic carbocycles. The maximum absolute atomic E-state index is 12.1. The number of fused-ring (bicyclic) bond motifs is 1. The minimum absolute atomic E-state index is 0.241. The Morgan fingerprint density at radius 1 is 1.15 bits per heavy atom. The fourth-order valence-electron chi connectivity index (χ4n) is 2.44. The van der Waals surface area contributed by atoms with Gasteiger partial charge in [0.25, 0.3) is 11.1 Å². The number of benzene rings is 1. The monoisotopic (exact) mass is 368 g/mol. The largest absolute Gasteiger partial charge is 0.454 e. The molecule has 0 saturated heterocycles. The number of nitrogens with zero attached hydrogens (tertiary/aromatic N) is 3. The molecule has 0 unspecified atom stereocenters. The zero-order valence-electron chi connectivity index (χ0n) is 13.8. The molecule has 8 heteroatoms. The molecule has 0 bridgehead atoms. The quantitative estimate of drug-likeness (QED) is 0.398. The first-order chi connectivity index (χ1) is 12.8. The lowest BCUT2D eigenvalue weighted by molar-refractivity contribution is 0.0926. The van der Waals surface area contributed by atoms with Crippen LogP contribution in [0, 0.1) is 0 Å². The van der Waals surface area contributed by atoms with Gasteiger partial charge in [-0.3, -0.25) is 9.48 Å². The van der Waals surface area contributed by atoms with Gasteiger partial charge in [-0.1, -0.05) is 23.9 Å². The molecule has 4 aromatic rings. The molecule has 1 N–H and O–H groups in total. The molecule has 0 aliphatic heterocycles. The summed E-state index contributed by atoms with van der Waals surface area (Å²) in [7, 11) is 0. The molecule has 0 spiro atoms. The highest BCUT2D eigenvalue weighted by atomic mass is 32.2. The number of aromatic nitrogens is 3. The van der Waals surface area contributed by atoms with Crippen molar-refractivity contribution in [3.05, 3.63) is 66.4 Å². The van der Waals surface area contributed by atoms with E-state index in [0.29, 0.717) is 35.6 Å². The summed E-state index contributed by atoms with van der Waals surface area (Å²) >= 11 is 1.46. The lowest BCUT2D eigenvalue weighted by atomic mass is 10.3. The van der Waals surface area contributed by atoms with Crippen LogP contribution in [0.15, 0.2) is 68.9 Å². The minimum atomic E-state index is -0.241. The molecule has 1 amide bonds. The van der Waals surface area contributed by atoms with Gasteiger partial charge in [-0.15, -0.1) is 0 Å². The third-order valence-electron chi connectivity index (χ3n) is 3.65. The molecule has 0 fully saturated rings. The SMILES string of the molecule is O=C(NCCSc1nc2ccccc2o1)c1ccc(Cn2cccn2)o1. The summed E-state index contributed by atoms with van der Waals surface area (Å²) in [5, 5.41) is 7.54. The van der Waals surface area contributed by atoms with Crippen LogP contribution in [0.1, 0.15) is 16.3 Å². The molecular formula is C18H16N4O3S. The number of hydrogen-bond acceptors (Lipinski definition) is 6. The highest BCUT2D eigenvalue weighted by molar-refractivity contribution is 7.99. The van der Waals surface area contributed by atoms with Crippen LogP contribution in [0.25, 0.3) is 11.1 Å². The van der Waals surface area contributed by atoms with Crippen LogP contribution in [-0.4, -0.2) is 33.0 Å². The molecular weight excluding hydrogens is 352 g/mol. The Hall–Kier alpha value is -3.00. The Balaban J connectivity index is 1.25. The number of furan rings is 1. The van der Waals surface area contributed by atoms with Crippen molar-refractivity contribution in [1.29, 1.82) is 0 Å². The van der Waals surface area contributed by atoms with E-state index in [1.54, 1.807) is 23.0 Å². The van der Waals surface area contributed by atoms with Crippen LogP contribution >= 0.6 is 11.8 Å². The van der Waals surface area contributed by atoms with Crippen LogP contribution in [0.3, 0.4) is 0 Å². The van der Waals surface area contributed by atoms with E-state index in [-0.39, 0.29) is 5.91 Å². The number of amides is 1. The van der Waals surface area contributed by atoms with Gasteiger partial charge in [0.05, 0.1) is 6.54 Å². The average Bonchev–Trinajstić information content (AvgIpc) is 3.39. The van der Waals surface area contributed by atoms with Crippen LogP contribution in [0.4, 0.5) is 0 Å². The molecule has 0 aliphatic rings. The van der Waals surface area contributed by atoms with Crippen LogP contribution in [0.5, 0.6) is 0 Å². The summed E-state index contributed by atoms with van der Waals surface area (Å²) in [4.78, 5) is 16.5. The molecule has 3 aromatic heterocycles. The van der Waals surface area contributed by atoms with Crippen molar-refractivity contribution in [2.24, 2.45) is 0 Å². The standard InChI is InChI=1S/C18H16N4O3S/c23-17(16-7-6-13(24-16)12-22-10-3-8-20-22)19-9-11-26-18-21-14-4-1-2-5-15(14)25-18/h1-8,10H,9,11-12H2,(H,19,23). The van der Waals surface area contributed by atoms with Crippen molar-refractivity contribution in [2.45, 2.75) is 11.8 Å². The fourth-order valence-corrected chi connectivity index (χ4v) is 3.13. The zero-order valence-corrected chi connectivity index (χ0v) is 14.6. The maximum atomic E-state index is 12.1. The Labute approximate surface area is 153 Å². The van der Waals surface area contributed by atoms with Crippen molar-refractivity contribution in [3.8, 4) is 0 Å². The van der Waals surface area contributed by atoms with Crippen LogP contribution in [0.2, 0.25) is 0 Å². The summed E-state index contributed by atoms with van der Waals surface area (Å²) in [6, 6.07) is 12.9. The van der Waals surface area contributed by atoms with E-state index in [0.717, 1.165) is 11.1 Å². The zero-order chi connectivity index (χ0) is 17.8. The van der Waals surface area contributed by atoms with Crippen LogP contribution < -0.4 is 5.32 Å². The van der Waals surface area contributed by atoms with Crippen molar-refractivity contribution >= 4 is 28.8 Å². The van der Waals surface area contributed by atoms with Crippen molar-refractivity contribution in [2.75, 3.05) is 12.3 Å². The van der Waals surface area contributed by atoms with Gasteiger partial charge in [0.1, 0.15) is 11.3 Å². The van der Waals surface area contributed by atoms with Gasteiger partial charge in [0.2, 0.25) is 0 Å². The van der Waals surface area contributed by atoms with Crippen molar-refractivity contribution in [1.82, 2.24) is 20.1 Å². The maximum Gasteiger partial charge on any atom is 0.287 e. The van der Waals surface area contributed by atoms with E-state index in [4.69, 9.17) is 8.83 Å². The Kier molecular flexibility index (Phi) is 4.74.